The van der Waals surface area contributed by atoms with Crippen molar-refractivity contribution in [2.75, 3.05) is 18.9 Å². The summed E-state index contributed by atoms with van der Waals surface area (Å²) in [6, 6.07) is 13.3. The number of anilines is 1. The smallest absolute Gasteiger partial charge is 0.269 e. The van der Waals surface area contributed by atoms with Crippen molar-refractivity contribution in [2.45, 2.75) is 31.8 Å². The van der Waals surface area contributed by atoms with Gasteiger partial charge in [-0.3, -0.25) is 24.6 Å². The van der Waals surface area contributed by atoms with Crippen molar-refractivity contribution < 1.29 is 14.5 Å². The van der Waals surface area contributed by atoms with E-state index in [1.807, 2.05) is 6.92 Å². The highest BCUT2D eigenvalue weighted by Gasteiger charge is 2.24. The van der Waals surface area contributed by atoms with Gasteiger partial charge in [-0.15, -0.1) is 0 Å². The SMILES string of the molecule is CC(c1cccc([N+](=O)[O-])c1)N(C)CC(=O)Nc1cccc(C(=O)NC2CC2)c1. The summed E-state index contributed by atoms with van der Waals surface area (Å²) in [5.74, 6) is -0.371. The predicted octanol–water partition coefficient (Wildman–Crippen LogP) is 3.12. The number of carbonyl (C=O) groups excluding carboxylic acids is 2. The standard InChI is InChI=1S/C21H24N4O4/c1-14(15-5-4-8-19(12-15)25(28)29)24(2)13-20(26)22-18-7-3-6-16(11-18)21(27)23-17-9-10-17/h3-8,11-12,14,17H,9-10,13H2,1-2H3,(H,22,26)(H,23,27). The third-order valence-corrected chi connectivity index (χ3v) is 4.94. The van der Waals surface area contributed by atoms with Crippen LogP contribution in [0.25, 0.3) is 0 Å². The zero-order chi connectivity index (χ0) is 21.0. The Morgan fingerprint density at radius 1 is 1.21 bits per heavy atom. The molecular formula is C21H24N4O4. The Kier molecular flexibility index (Phi) is 6.23. The molecule has 1 atom stereocenters. The minimum Gasteiger partial charge on any atom is -0.349 e. The second kappa shape index (κ2) is 8.83. The Hall–Kier alpha value is -3.26. The minimum atomic E-state index is -0.435. The van der Waals surface area contributed by atoms with Gasteiger partial charge in [0, 0.05) is 35.5 Å². The molecule has 0 saturated heterocycles. The Labute approximate surface area is 169 Å². The first-order chi connectivity index (χ1) is 13.8. The van der Waals surface area contributed by atoms with Crippen LogP contribution in [0, 0.1) is 10.1 Å². The van der Waals surface area contributed by atoms with E-state index in [1.165, 1.54) is 12.1 Å². The number of nitro groups is 1. The Bertz CT molecular complexity index is 926. The maximum Gasteiger partial charge on any atom is 0.269 e. The lowest BCUT2D eigenvalue weighted by Gasteiger charge is -2.24. The number of nitrogens with one attached hydrogen (secondary N) is 2. The van der Waals surface area contributed by atoms with Gasteiger partial charge < -0.3 is 10.6 Å². The first-order valence-corrected chi connectivity index (χ1v) is 9.49. The number of non-ortho nitro benzene ring substituents is 1. The van der Waals surface area contributed by atoms with Crippen molar-refractivity contribution in [3.8, 4) is 0 Å². The van der Waals surface area contributed by atoms with Crippen molar-refractivity contribution in [1.29, 1.82) is 0 Å². The van der Waals surface area contributed by atoms with E-state index in [0.717, 1.165) is 18.4 Å². The summed E-state index contributed by atoms with van der Waals surface area (Å²) < 4.78 is 0. The molecule has 1 aliphatic rings. The van der Waals surface area contributed by atoms with Gasteiger partial charge in [0.2, 0.25) is 5.91 Å². The molecule has 0 aliphatic heterocycles. The van der Waals surface area contributed by atoms with Crippen LogP contribution in [0.3, 0.4) is 0 Å². The highest BCUT2D eigenvalue weighted by Crippen LogP contribution is 2.23. The minimum absolute atomic E-state index is 0.0218. The maximum atomic E-state index is 12.4. The Morgan fingerprint density at radius 2 is 1.93 bits per heavy atom. The highest BCUT2D eigenvalue weighted by atomic mass is 16.6. The molecule has 1 saturated carbocycles. The zero-order valence-electron chi connectivity index (χ0n) is 16.4. The van der Waals surface area contributed by atoms with Crippen molar-refractivity contribution >= 4 is 23.2 Å². The molecule has 0 bridgehead atoms. The van der Waals surface area contributed by atoms with E-state index < -0.39 is 4.92 Å². The fraction of sp³-hybridized carbons (Fsp3) is 0.333. The highest BCUT2D eigenvalue weighted by molar-refractivity contribution is 5.97. The molecule has 0 aromatic heterocycles. The van der Waals surface area contributed by atoms with Crippen LogP contribution in [-0.2, 0) is 4.79 Å². The fourth-order valence-electron chi connectivity index (χ4n) is 2.95. The number of likely N-dealkylation sites (N-methyl/N-ethyl adjacent to an activating group) is 1. The van der Waals surface area contributed by atoms with Crippen molar-refractivity contribution in [3.63, 3.8) is 0 Å². The van der Waals surface area contributed by atoms with Crippen LogP contribution in [0.1, 0.15) is 41.7 Å². The van der Waals surface area contributed by atoms with Gasteiger partial charge in [0.25, 0.3) is 11.6 Å². The lowest BCUT2D eigenvalue weighted by Crippen LogP contribution is -2.32. The fourth-order valence-corrected chi connectivity index (χ4v) is 2.95. The number of nitro benzene ring substituents is 1. The average molecular weight is 396 g/mol. The number of carbonyl (C=O) groups is 2. The van der Waals surface area contributed by atoms with Crippen LogP contribution in [0.5, 0.6) is 0 Å². The molecule has 3 rings (SSSR count). The molecule has 2 aromatic rings. The van der Waals surface area contributed by atoms with E-state index >= 15 is 0 Å². The second-order valence-corrected chi connectivity index (χ2v) is 7.32. The summed E-state index contributed by atoms with van der Waals surface area (Å²) in [7, 11) is 1.78. The quantitative estimate of drug-likeness (QED) is 0.527. The normalized spacial score (nSPS) is 14.3. The van der Waals surface area contributed by atoms with Crippen molar-refractivity contribution in [1.82, 2.24) is 10.2 Å². The molecule has 0 radical (unpaired) electrons. The summed E-state index contributed by atoms with van der Waals surface area (Å²) in [4.78, 5) is 36.9. The predicted molar refractivity (Wildman–Crippen MR) is 110 cm³/mol. The topological polar surface area (TPSA) is 105 Å². The van der Waals surface area contributed by atoms with Crippen LogP contribution >= 0.6 is 0 Å². The molecule has 8 nitrogen and oxygen atoms in total. The van der Waals surface area contributed by atoms with Gasteiger partial charge in [0.1, 0.15) is 0 Å². The maximum absolute atomic E-state index is 12.4. The molecule has 1 aliphatic carbocycles. The number of hydrogen-bond acceptors (Lipinski definition) is 5. The van der Waals surface area contributed by atoms with Crippen molar-refractivity contribution in [3.05, 3.63) is 69.8 Å². The number of hydrogen-bond donors (Lipinski definition) is 2. The number of nitrogens with zero attached hydrogens (tertiary/aromatic N) is 2. The Morgan fingerprint density at radius 3 is 2.62 bits per heavy atom. The van der Waals surface area contributed by atoms with Gasteiger partial charge in [-0.05, 0) is 50.6 Å². The molecule has 8 heteroatoms. The second-order valence-electron chi connectivity index (χ2n) is 7.32. The zero-order valence-corrected chi connectivity index (χ0v) is 16.4. The first-order valence-electron chi connectivity index (χ1n) is 9.49. The lowest BCUT2D eigenvalue weighted by molar-refractivity contribution is -0.384. The molecule has 29 heavy (non-hydrogen) atoms. The van der Waals surface area contributed by atoms with Gasteiger partial charge in [0.05, 0.1) is 11.5 Å². The number of amides is 2. The van der Waals surface area contributed by atoms with Gasteiger partial charge in [-0.25, -0.2) is 0 Å². The summed E-state index contributed by atoms with van der Waals surface area (Å²) in [6.45, 7) is 1.98. The summed E-state index contributed by atoms with van der Waals surface area (Å²) in [6.07, 6.45) is 2.02. The monoisotopic (exact) mass is 396 g/mol. The van der Waals surface area contributed by atoms with Crippen molar-refractivity contribution in [2.24, 2.45) is 0 Å². The van der Waals surface area contributed by atoms with E-state index in [9.17, 15) is 19.7 Å². The molecule has 1 fully saturated rings. The van der Waals surface area contributed by atoms with Crippen LogP contribution in [0.15, 0.2) is 48.5 Å². The van der Waals surface area contributed by atoms with Gasteiger partial charge in [-0.1, -0.05) is 18.2 Å². The van der Waals surface area contributed by atoms with E-state index in [2.05, 4.69) is 10.6 Å². The van der Waals surface area contributed by atoms with E-state index in [4.69, 9.17) is 0 Å². The molecule has 2 N–H and O–H groups in total. The largest absolute Gasteiger partial charge is 0.349 e. The molecule has 2 aromatic carbocycles. The summed E-state index contributed by atoms with van der Waals surface area (Å²) >= 11 is 0. The van der Waals surface area contributed by atoms with Crippen LogP contribution in [0.4, 0.5) is 11.4 Å². The number of benzene rings is 2. The lowest BCUT2D eigenvalue weighted by atomic mass is 10.1. The molecule has 0 spiro atoms. The molecule has 1 unspecified atom stereocenters. The summed E-state index contributed by atoms with van der Waals surface area (Å²) in [5, 5.41) is 16.7. The van der Waals surface area contributed by atoms with E-state index in [0.29, 0.717) is 11.3 Å². The van der Waals surface area contributed by atoms with Gasteiger partial charge >= 0.3 is 0 Å². The average Bonchev–Trinajstić information content (AvgIpc) is 3.51. The van der Waals surface area contributed by atoms with Crippen LogP contribution in [-0.4, -0.2) is 41.3 Å². The first kappa shape index (κ1) is 20.5. The molecular weight excluding hydrogens is 372 g/mol. The third kappa shape index (κ3) is 5.61. The van der Waals surface area contributed by atoms with Gasteiger partial charge in [0.15, 0.2) is 0 Å². The van der Waals surface area contributed by atoms with Crippen LogP contribution < -0.4 is 10.6 Å². The molecule has 0 heterocycles. The molecule has 152 valence electrons. The molecule has 2 amide bonds. The Balaban J connectivity index is 1.59. The van der Waals surface area contributed by atoms with Gasteiger partial charge in [-0.2, -0.15) is 0 Å². The van der Waals surface area contributed by atoms with E-state index in [1.54, 1.807) is 48.3 Å². The third-order valence-electron chi connectivity index (χ3n) is 4.94. The van der Waals surface area contributed by atoms with E-state index in [-0.39, 0.29) is 36.1 Å². The summed E-state index contributed by atoms with van der Waals surface area (Å²) in [5.41, 5.74) is 1.84. The van der Waals surface area contributed by atoms with Crippen LogP contribution in [0.2, 0.25) is 0 Å². The number of rotatable bonds is 8.